The Morgan fingerprint density at radius 1 is 1.14 bits per heavy atom. The maximum absolute atomic E-state index is 13.0. The molecule has 3 aromatic rings. The Morgan fingerprint density at radius 2 is 2.00 bits per heavy atom. The van der Waals surface area contributed by atoms with Gasteiger partial charge in [0.2, 0.25) is 0 Å². The van der Waals surface area contributed by atoms with Crippen molar-refractivity contribution in [2.24, 2.45) is 5.92 Å². The molecule has 150 valence electrons. The van der Waals surface area contributed by atoms with Crippen LogP contribution in [0.1, 0.15) is 47.8 Å². The molecular weight excluding hydrogens is 360 g/mol. The van der Waals surface area contributed by atoms with E-state index < -0.39 is 0 Å². The molecule has 0 unspecified atom stereocenters. The highest BCUT2D eigenvalue weighted by atomic mass is 16.5. The molecule has 1 fully saturated rings. The second-order valence-corrected chi connectivity index (χ2v) is 7.90. The van der Waals surface area contributed by atoms with Gasteiger partial charge in [0.1, 0.15) is 5.75 Å². The summed E-state index contributed by atoms with van der Waals surface area (Å²) in [7, 11) is 0. The fraction of sp³-hybridized carbons (Fsp3) is 0.360. The topological polar surface area (TPSA) is 51.2 Å². The van der Waals surface area contributed by atoms with Crippen molar-refractivity contribution in [1.29, 1.82) is 0 Å². The minimum Gasteiger partial charge on any atom is -0.493 e. The molecule has 0 aliphatic heterocycles. The summed E-state index contributed by atoms with van der Waals surface area (Å²) in [6.45, 7) is 4.48. The van der Waals surface area contributed by atoms with Gasteiger partial charge < -0.3 is 10.1 Å². The summed E-state index contributed by atoms with van der Waals surface area (Å²) in [6.07, 6.45) is 4.16. The van der Waals surface area contributed by atoms with Gasteiger partial charge in [-0.3, -0.25) is 9.78 Å². The number of nitrogens with one attached hydrogen (secondary N) is 1. The van der Waals surface area contributed by atoms with Gasteiger partial charge >= 0.3 is 0 Å². The summed E-state index contributed by atoms with van der Waals surface area (Å²) < 4.78 is 5.67. The lowest BCUT2D eigenvalue weighted by molar-refractivity contribution is 0.0923. The van der Waals surface area contributed by atoms with Crippen molar-refractivity contribution in [3.05, 3.63) is 71.4 Å². The van der Waals surface area contributed by atoms with E-state index in [1.54, 1.807) is 0 Å². The quantitative estimate of drug-likeness (QED) is 0.640. The molecule has 2 atom stereocenters. The molecule has 1 aromatic heterocycles. The summed E-state index contributed by atoms with van der Waals surface area (Å²) >= 11 is 0. The first-order valence-electron chi connectivity index (χ1n) is 10.5. The third-order valence-electron chi connectivity index (χ3n) is 5.78. The van der Waals surface area contributed by atoms with Gasteiger partial charge in [0.25, 0.3) is 5.91 Å². The molecule has 1 saturated carbocycles. The van der Waals surface area contributed by atoms with Gasteiger partial charge in [0, 0.05) is 17.1 Å². The molecule has 1 heterocycles. The van der Waals surface area contributed by atoms with Crippen LogP contribution in [0.4, 0.5) is 0 Å². The number of aromatic nitrogens is 1. The van der Waals surface area contributed by atoms with E-state index in [1.165, 1.54) is 0 Å². The van der Waals surface area contributed by atoms with Crippen LogP contribution < -0.4 is 10.1 Å². The van der Waals surface area contributed by atoms with E-state index in [2.05, 4.69) is 29.6 Å². The van der Waals surface area contributed by atoms with Gasteiger partial charge in [0.15, 0.2) is 0 Å². The summed E-state index contributed by atoms with van der Waals surface area (Å²) in [6, 6.07) is 18.4. The molecule has 1 aliphatic rings. The molecule has 0 radical (unpaired) electrons. The Morgan fingerprint density at radius 3 is 2.86 bits per heavy atom. The molecule has 4 nitrogen and oxygen atoms in total. The van der Waals surface area contributed by atoms with Crippen molar-refractivity contribution in [3.8, 4) is 5.75 Å². The molecule has 1 amide bonds. The van der Waals surface area contributed by atoms with Gasteiger partial charge in [-0.1, -0.05) is 42.3 Å². The summed E-state index contributed by atoms with van der Waals surface area (Å²) in [5.41, 5.74) is 3.81. The van der Waals surface area contributed by atoms with Gasteiger partial charge in [-0.2, -0.15) is 0 Å². The van der Waals surface area contributed by atoms with Crippen LogP contribution in [0.2, 0.25) is 0 Å². The number of fused-ring (bicyclic) bond motifs is 1. The maximum atomic E-state index is 13.0. The predicted molar refractivity (Wildman–Crippen MR) is 116 cm³/mol. The predicted octanol–water partition coefficient (Wildman–Crippen LogP) is 5.08. The minimum atomic E-state index is -0.0412. The first-order valence-corrected chi connectivity index (χ1v) is 10.5. The van der Waals surface area contributed by atoms with E-state index in [0.29, 0.717) is 23.8 Å². The Balaban J connectivity index is 1.48. The van der Waals surface area contributed by atoms with Crippen LogP contribution in [0.15, 0.2) is 54.6 Å². The smallest absolute Gasteiger partial charge is 0.255 e. The Hall–Kier alpha value is -2.88. The molecule has 2 aromatic carbocycles. The Kier molecular flexibility index (Phi) is 5.79. The molecule has 4 heteroatoms. The second kappa shape index (κ2) is 8.64. The highest BCUT2D eigenvalue weighted by Crippen LogP contribution is 2.30. The number of rotatable bonds is 6. The summed E-state index contributed by atoms with van der Waals surface area (Å²) in [5.74, 6) is 1.02. The van der Waals surface area contributed by atoms with Crippen LogP contribution >= 0.6 is 0 Å². The van der Waals surface area contributed by atoms with E-state index in [9.17, 15) is 4.79 Å². The largest absolute Gasteiger partial charge is 0.493 e. The number of hydrogen-bond donors (Lipinski definition) is 1. The Bertz CT molecular complexity index is 1010. The lowest BCUT2D eigenvalue weighted by atomic mass is 9.96. The molecule has 4 rings (SSSR count). The van der Waals surface area contributed by atoms with Crippen molar-refractivity contribution in [2.75, 3.05) is 6.61 Å². The average Bonchev–Trinajstić information content (AvgIpc) is 3.16. The molecular formula is C25H28N2O2. The number of pyridine rings is 1. The SMILES string of the molecule is CCOc1ccc(C)cc1C(=O)N[C@H]1CCC[C@H]1Cc1ccc2ccccc2n1. The van der Waals surface area contributed by atoms with E-state index in [1.807, 2.05) is 44.2 Å². The molecule has 29 heavy (non-hydrogen) atoms. The first kappa shape index (κ1) is 19.4. The standard InChI is InChI=1S/C25H28N2O2/c1-3-29-24-14-11-17(2)15-21(24)25(28)27-23-10-6-8-19(23)16-20-13-12-18-7-4-5-9-22(18)26-20/h4-5,7,9,11-15,19,23H,3,6,8,10,16H2,1-2H3,(H,27,28)/t19-,23-/m0/s1. The normalized spacial score (nSPS) is 18.7. The summed E-state index contributed by atoms with van der Waals surface area (Å²) in [4.78, 5) is 17.8. The zero-order valence-electron chi connectivity index (χ0n) is 17.2. The number of ether oxygens (including phenoxy) is 1. The highest BCUT2D eigenvalue weighted by molar-refractivity contribution is 5.97. The number of aryl methyl sites for hydroxylation is 1. The molecule has 1 aliphatic carbocycles. The van der Waals surface area contributed by atoms with Gasteiger partial charge in [-0.05, 0) is 63.3 Å². The average molecular weight is 389 g/mol. The van der Waals surface area contributed by atoms with Crippen LogP contribution in [0.25, 0.3) is 10.9 Å². The van der Waals surface area contributed by atoms with E-state index >= 15 is 0 Å². The third kappa shape index (κ3) is 4.42. The third-order valence-corrected chi connectivity index (χ3v) is 5.78. The number of para-hydroxylation sites is 1. The van der Waals surface area contributed by atoms with E-state index in [-0.39, 0.29) is 11.9 Å². The van der Waals surface area contributed by atoms with Crippen LogP contribution in [-0.2, 0) is 6.42 Å². The number of carbonyl (C=O) groups is 1. The van der Waals surface area contributed by atoms with Crippen molar-refractivity contribution >= 4 is 16.8 Å². The van der Waals surface area contributed by atoms with Crippen LogP contribution in [0, 0.1) is 12.8 Å². The van der Waals surface area contributed by atoms with Crippen molar-refractivity contribution in [3.63, 3.8) is 0 Å². The summed E-state index contributed by atoms with van der Waals surface area (Å²) in [5, 5.41) is 4.44. The minimum absolute atomic E-state index is 0.0412. The second-order valence-electron chi connectivity index (χ2n) is 7.90. The van der Waals surface area contributed by atoms with Crippen molar-refractivity contribution in [1.82, 2.24) is 10.3 Å². The molecule has 0 bridgehead atoms. The monoisotopic (exact) mass is 388 g/mol. The fourth-order valence-corrected chi connectivity index (χ4v) is 4.31. The van der Waals surface area contributed by atoms with E-state index in [0.717, 1.165) is 47.8 Å². The Labute approximate surface area is 172 Å². The molecule has 1 N–H and O–H groups in total. The van der Waals surface area contributed by atoms with Gasteiger partial charge in [-0.25, -0.2) is 0 Å². The number of nitrogens with zero attached hydrogens (tertiary/aromatic N) is 1. The lowest BCUT2D eigenvalue weighted by Crippen LogP contribution is -2.38. The maximum Gasteiger partial charge on any atom is 0.255 e. The number of amides is 1. The zero-order valence-corrected chi connectivity index (χ0v) is 17.2. The van der Waals surface area contributed by atoms with Crippen molar-refractivity contribution in [2.45, 2.75) is 45.6 Å². The number of hydrogen-bond acceptors (Lipinski definition) is 3. The van der Waals surface area contributed by atoms with Crippen LogP contribution in [0.5, 0.6) is 5.75 Å². The van der Waals surface area contributed by atoms with Crippen LogP contribution in [0.3, 0.4) is 0 Å². The molecule has 0 saturated heterocycles. The number of carbonyl (C=O) groups excluding carboxylic acids is 1. The first-order chi connectivity index (χ1) is 14.1. The lowest BCUT2D eigenvalue weighted by Gasteiger charge is -2.22. The highest BCUT2D eigenvalue weighted by Gasteiger charge is 2.30. The van der Waals surface area contributed by atoms with Crippen LogP contribution in [-0.4, -0.2) is 23.5 Å². The fourth-order valence-electron chi connectivity index (χ4n) is 4.31. The van der Waals surface area contributed by atoms with Gasteiger partial charge in [0.05, 0.1) is 17.7 Å². The van der Waals surface area contributed by atoms with Gasteiger partial charge in [-0.15, -0.1) is 0 Å². The van der Waals surface area contributed by atoms with E-state index in [4.69, 9.17) is 9.72 Å². The number of benzene rings is 2. The zero-order chi connectivity index (χ0) is 20.2. The molecule has 0 spiro atoms. The van der Waals surface area contributed by atoms with Crippen molar-refractivity contribution < 1.29 is 9.53 Å².